The molecule has 1 aliphatic rings. The summed E-state index contributed by atoms with van der Waals surface area (Å²) in [4.78, 5) is 19.8. The largest absolute Gasteiger partial charge is 0.313 e. The van der Waals surface area contributed by atoms with E-state index in [4.69, 9.17) is 0 Å². The molecule has 5 nitrogen and oxygen atoms in total. The Hall–Kier alpha value is -1.24. The standard InChI is InChI=1S/C15H22N4OS/c1-11-10-21-15-17-13(7-14(20)19(11)15)9-18(2)8-12-5-3-4-6-16-12/h7,10,12,16H,3-6,8-9H2,1-2H3. The fourth-order valence-corrected chi connectivity index (χ4v) is 3.87. The molecular weight excluding hydrogens is 284 g/mol. The number of aromatic nitrogens is 2. The van der Waals surface area contributed by atoms with Crippen molar-refractivity contribution in [1.29, 1.82) is 0 Å². The number of likely N-dealkylation sites (N-methyl/N-ethyl adjacent to an activating group) is 1. The Morgan fingerprint density at radius 2 is 2.38 bits per heavy atom. The van der Waals surface area contributed by atoms with Gasteiger partial charge in [-0.3, -0.25) is 14.1 Å². The van der Waals surface area contributed by atoms with Crippen LogP contribution >= 0.6 is 11.3 Å². The van der Waals surface area contributed by atoms with Gasteiger partial charge in [-0.1, -0.05) is 6.42 Å². The zero-order valence-electron chi connectivity index (χ0n) is 12.6. The van der Waals surface area contributed by atoms with E-state index in [1.165, 1.54) is 30.6 Å². The third-order valence-electron chi connectivity index (χ3n) is 4.00. The van der Waals surface area contributed by atoms with Crippen LogP contribution in [0, 0.1) is 6.92 Å². The average molecular weight is 306 g/mol. The Kier molecular flexibility index (Phi) is 4.37. The molecule has 6 heteroatoms. The summed E-state index contributed by atoms with van der Waals surface area (Å²) in [5.41, 5.74) is 1.84. The van der Waals surface area contributed by atoms with Crippen molar-refractivity contribution >= 4 is 16.3 Å². The van der Waals surface area contributed by atoms with Crippen molar-refractivity contribution in [2.45, 2.75) is 38.8 Å². The summed E-state index contributed by atoms with van der Waals surface area (Å²) in [6.45, 7) is 4.79. The number of nitrogens with one attached hydrogen (secondary N) is 1. The summed E-state index contributed by atoms with van der Waals surface area (Å²) in [5, 5.41) is 5.53. The molecule has 2 aromatic rings. The van der Waals surface area contributed by atoms with Gasteiger partial charge in [0, 0.05) is 36.3 Å². The fourth-order valence-electron chi connectivity index (χ4n) is 2.98. The second-order valence-corrected chi connectivity index (χ2v) is 6.76. The Bertz CT molecular complexity index is 672. The van der Waals surface area contributed by atoms with Gasteiger partial charge < -0.3 is 5.32 Å². The van der Waals surface area contributed by atoms with E-state index in [0.717, 1.165) is 36.0 Å². The van der Waals surface area contributed by atoms with Crippen molar-refractivity contribution < 1.29 is 0 Å². The van der Waals surface area contributed by atoms with Crippen molar-refractivity contribution in [2.75, 3.05) is 20.1 Å². The van der Waals surface area contributed by atoms with E-state index in [1.807, 2.05) is 12.3 Å². The third kappa shape index (κ3) is 3.33. The fraction of sp³-hybridized carbons (Fsp3) is 0.600. The molecular formula is C15H22N4OS. The first kappa shape index (κ1) is 14.7. The monoisotopic (exact) mass is 306 g/mol. The summed E-state index contributed by atoms with van der Waals surface area (Å²) in [5.74, 6) is 0. The first-order chi connectivity index (χ1) is 10.1. The molecule has 2 aromatic heterocycles. The van der Waals surface area contributed by atoms with Crippen LogP contribution < -0.4 is 10.9 Å². The second kappa shape index (κ2) is 6.25. The lowest BCUT2D eigenvalue weighted by Crippen LogP contribution is -2.42. The van der Waals surface area contributed by atoms with Crippen molar-refractivity contribution in [3.05, 3.63) is 33.2 Å². The lowest BCUT2D eigenvalue weighted by atomic mass is 10.0. The molecule has 0 aliphatic carbocycles. The molecule has 0 aromatic carbocycles. The maximum atomic E-state index is 12.2. The maximum Gasteiger partial charge on any atom is 0.259 e. The predicted molar refractivity (Wildman–Crippen MR) is 86.1 cm³/mol. The van der Waals surface area contributed by atoms with Crippen molar-refractivity contribution in [2.24, 2.45) is 0 Å². The highest BCUT2D eigenvalue weighted by Gasteiger charge is 2.15. The number of nitrogens with zero attached hydrogens (tertiary/aromatic N) is 3. The van der Waals surface area contributed by atoms with Gasteiger partial charge in [0.25, 0.3) is 5.56 Å². The SMILES string of the molecule is Cc1csc2nc(CN(C)CC3CCCCN3)cc(=O)n12. The van der Waals surface area contributed by atoms with Crippen LogP contribution in [0.3, 0.4) is 0 Å². The minimum absolute atomic E-state index is 0.0259. The van der Waals surface area contributed by atoms with Gasteiger partial charge in [-0.2, -0.15) is 0 Å². The van der Waals surface area contributed by atoms with Crippen molar-refractivity contribution in [1.82, 2.24) is 19.6 Å². The number of fused-ring (bicyclic) bond motifs is 1. The molecule has 0 spiro atoms. The van der Waals surface area contributed by atoms with E-state index in [-0.39, 0.29) is 5.56 Å². The van der Waals surface area contributed by atoms with Gasteiger partial charge in [-0.15, -0.1) is 11.3 Å². The zero-order valence-corrected chi connectivity index (χ0v) is 13.4. The average Bonchev–Trinajstić information content (AvgIpc) is 2.81. The Labute approximate surface area is 128 Å². The summed E-state index contributed by atoms with van der Waals surface area (Å²) < 4.78 is 1.68. The quantitative estimate of drug-likeness (QED) is 0.933. The van der Waals surface area contributed by atoms with Crippen LogP contribution in [0.15, 0.2) is 16.2 Å². The van der Waals surface area contributed by atoms with Gasteiger partial charge in [0.05, 0.1) is 5.69 Å². The summed E-state index contributed by atoms with van der Waals surface area (Å²) in [6, 6.07) is 2.23. The van der Waals surface area contributed by atoms with Crippen molar-refractivity contribution in [3.63, 3.8) is 0 Å². The Morgan fingerprint density at radius 3 is 3.14 bits per heavy atom. The topological polar surface area (TPSA) is 49.6 Å². The molecule has 1 N–H and O–H groups in total. The van der Waals surface area contributed by atoms with Crippen LogP contribution in [-0.2, 0) is 6.54 Å². The van der Waals surface area contributed by atoms with Gasteiger partial charge >= 0.3 is 0 Å². The smallest absolute Gasteiger partial charge is 0.259 e. The molecule has 1 unspecified atom stereocenters. The summed E-state index contributed by atoms with van der Waals surface area (Å²) in [7, 11) is 2.10. The highest BCUT2D eigenvalue weighted by atomic mass is 32.1. The van der Waals surface area contributed by atoms with Gasteiger partial charge in [-0.25, -0.2) is 4.98 Å². The normalized spacial score (nSPS) is 19.5. The van der Waals surface area contributed by atoms with E-state index >= 15 is 0 Å². The minimum atomic E-state index is 0.0259. The highest BCUT2D eigenvalue weighted by molar-refractivity contribution is 7.15. The van der Waals surface area contributed by atoms with Crippen LogP contribution in [0.25, 0.3) is 4.96 Å². The highest BCUT2D eigenvalue weighted by Crippen LogP contribution is 2.13. The number of aryl methyl sites for hydroxylation is 1. The summed E-state index contributed by atoms with van der Waals surface area (Å²) in [6.07, 6.45) is 3.84. The molecule has 3 heterocycles. The maximum absolute atomic E-state index is 12.2. The number of piperidine rings is 1. The first-order valence-corrected chi connectivity index (χ1v) is 8.40. The molecule has 1 saturated heterocycles. The zero-order chi connectivity index (χ0) is 14.8. The van der Waals surface area contributed by atoms with E-state index in [0.29, 0.717) is 6.04 Å². The summed E-state index contributed by atoms with van der Waals surface area (Å²) >= 11 is 1.53. The molecule has 1 aliphatic heterocycles. The Balaban J connectivity index is 1.70. The van der Waals surface area contributed by atoms with Gasteiger partial charge in [0.2, 0.25) is 0 Å². The number of hydrogen-bond donors (Lipinski definition) is 1. The van der Waals surface area contributed by atoms with Gasteiger partial charge in [0.15, 0.2) is 4.96 Å². The lowest BCUT2D eigenvalue weighted by Gasteiger charge is -2.27. The molecule has 0 saturated carbocycles. The molecule has 1 atom stereocenters. The van der Waals surface area contributed by atoms with Crippen LogP contribution in [0.4, 0.5) is 0 Å². The van der Waals surface area contributed by atoms with E-state index in [1.54, 1.807) is 10.5 Å². The van der Waals surface area contributed by atoms with E-state index in [2.05, 4.69) is 22.2 Å². The van der Waals surface area contributed by atoms with Crippen LogP contribution in [-0.4, -0.2) is 40.5 Å². The molecule has 114 valence electrons. The predicted octanol–water partition coefficient (Wildman–Crippen LogP) is 1.64. The van der Waals surface area contributed by atoms with E-state index in [9.17, 15) is 4.79 Å². The van der Waals surface area contributed by atoms with Crippen LogP contribution in [0.5, 0.6) is 0 Å². The van der Waals surface area contributed by atoms with Crippen LogP contribution in [0.2, 0.25) is 0 Å². The molecule has 0 radical (unpaired) electrons. The number of hydrogen-bond acceptors (Lipinski definition) is 5. The first-order valence-electron chi connectivity index (χ1n) is 7.52. The van der Waals surface area contributed by atoms with Crippen LogP contribution in [0.1, 0.15) is 30.7 Å². The molecule has 0 amide bonds. The third-order valence-corrected chi connectivity index (χ3v) is 4.95. The number of rotatable bonds is 4. The number of thiazole rings is 1. The molecule has 0 bridgehead atoms. The van der Waals surface area contributed by atoms with Crippen molar-refractivity contribution in [3.8, 4) is 0 Å². The molecule has 21 heavy (non-hydrogen) atoms. The molecule has 3 rings (SSSR count). The van der Waals surface area contributed by atoms with Gasteiger partial charge in [-0.05, 0) is 33.4 Å². The second-order valence-electron chi connectivity index (χ2n) is 5.92. The molecule has 1 fully saturated rings. The lowest BCUT2D eigenvalue weighted by molar-refractivity contribution is 0.254. The van der Waals surface area contributed by atoms with E-state index < -0.39 is 0 Å². The minimum Gasteiger partial charge on any atom is -0.313 e. The van der Waals surface area contributed by atoms with Gasteiger partial charge in [0.1, 0.15) is 0 Å². The Morgan fingerprint density at radius 1 is 1.52 bits per heavy atom.